The molecule has 2 rings (SSSR count). The maximum Gasteiger partial charge on any atom is 0.189 e. The van der Waals surface area contributed by atoms with Crippen molar-refractivity contribution >= 4 is 46.4 Å². The Labute approximate surface area is 169 Å². The monoisotopic (exact) mass is 477 g/mol. The van der Waals surface area contributed by atoms with E-state index in [0.717, 1.165) is 16.4 Å². The fraction of sp³-hybridized carbons (Fsp3) is 0.375. The number of nitrogens with one attached hydrogen (secondary N) is 1. The van der Waals surface area contributed by atoms with E-state index >= 15 is 0 Å². The van der Waals surface area contributed by atoms with Gasteiger partial charge in [-0.1, -0.05) is 6.07 Å². The highest BCUT2D eigenvalue weighted by Crippen LogP contribution is 2.27. The molecule has 138 valence electrons. The van der Waals surface area contributed by atoms with Gasteiger partial charge in [0.05, 0.1) is 33.0 Å². The maximum absolute atomic E-state index is 5.91. The molecule has 0 aliphatic carbocycles. The molecule has 0 fully saturated rings. The molecule has 0 aliphatic rings. The quantitative estimate of drug-likeness (QED) is 0.362. The maximum atomic E-state index is 5.91. The van der Waals surface area contributed by atoms with E-state index in [1.807, 2.05) is 42.6 Å². The van der Waals surface area contributed by atoms with E-state index < -0.39 is 0 Å². The van der Waals surface area contributed by atoms with Crippen molar-refractivity contribution in [2.45, 2.75) is 13.1 Å². The Hall–Kier alpha value is -1.75. The molecule has 2 aromatic rings. The predicted octanol–water partition coefficient (Wildman–Crippen LogP) is 2.45. The number of hydrogen-bond donors (Lipinski definition) is 2. The van der Waals surface area contributed by atoms with Crippen LogP contribution in [0.1, 0.15) is 11.3 Å². The van der Waals surface area contributed by atoms with Crippen LogP contribution in [0.15, 0.2) is 28.6 Å². The summed E-state index contributed by atoms with van der Waals surface area (Å²) < 4.78 is 10.5. The van der Waals surface area contributed by atoms with E-state index in [1.165, 1.54) is 0 Å². The fourth-order valence-electron chi connectivity index (χ4n) is 1.98. The Balaban J connectivity index is 0.00000312. The minimum Gasteiger partial charge on any atom is -0.493 e. The van der Waals surface area contributed by atoms with Crippen molar-refractivity contribution in [1.29, 1.82) is 0 Å². The first kappa shape index (κ1) is 21.3. The number of nitrogens with two attached hydrogens (primary N) is 1. The van der Waals surface area contributed by atoms with Gasteiger partial charge in [-0.3, -0.25) is 0 Å². The van der Waals surface area contributed by atoms with E-state index in [9.17, 15) is 0 Å². The lowest BCUT2D eigenvalue weighted by atomic mass is 10.2. The lowest BCUT2D eigenvalue weighted by Crippen LogP contribution is -2.31. The number of thiazole rings is 1. The number of methoxy groups -OCH3 is 2. The summed E-state index contributed by atoms with van der Waals surface area (Å²) in [6, 6.07) is 5.67. The average Bonchev–Trinajstić information content (AvgIpc) is 3.07. The zero-order valence-corrected chi connectivity index (χ0v) is 17.9. The fourth-order valence-corrected chi connectivity index (χ4v) is 2.73. The average molecular weight is 477 g/mol. The lowest BCUT2D eigenvalue weighted by molar-refractivity contribution is 0.354. The van der Waals surface area contributed by atoms with Gasteiger partial charge in [0.2, 0.25) is 0 Å². The summed E-state index contributed by atoms with van der Waals surface area (Å²) in [5.74, 6) is 1.75. The number of aromatic nitrogens is 1. The Morgan fingerprint density at radius 2 is 2.00 bits per heavy atom. The molecule has 1 heterocycles. The highest BCUT2D eigenvalue weighted by Gasteiger charge is 2.05. The molecule has 0 radical (unpaired) electrons. The van der Waals surface area contributed by atoms with Gasteiger partial charge in [-0.25, -0.2) is 9.98 Å². The summed E-state index contributed by atoms with van der Waals surface area (Å²) in [6.45, 7) is 1.00. The number of guanidine groups is 1. The second-order valence-corrected chi connectivity index (χ2v) is 6.10. The highest BCUT2D eigenvalue weighted by atomic mass is 127. The van der Waals surface area contributed by atoms with Gasteiger partial charge in [-0.2, -0.15) is 0 Å². The van der Waals surface area contributed by atoms with Gasteiger partial charge in [0, 0.05) is 19.5 Å². The molecular weight excluding hydrogens is 453 g/mol. The standard InChI is InChI=1S/C16H23N5O2S.HI/c1-21(2)16-20-12(10-24-16)9-19-15(17)18-8-11-5-6-13(22-3)14(7-11)23-4;/h5-7,10H,8-9H2,1-4H3,(H3,17,18,19);1H. The van der Waals surface area contributed by atoms with E-state index in [-0.39, 0.29) is 24.0 Å². The third-order valence-corrected chi connectivity index (χ3v) is 4.31. The zero-order chi connectivity index (χ0) is 17.5. The van der Waals surface area contributed by atoms with Gasteiger partial charge in [0.15, 0.2) is 22.6 Å². The number of halogens is 1. The molecule has 0 aliphatic heterocycles. The number of ether oxygens (including phenoxy) is 2. The van der Waals surface area contributed by atoms with Gasteiger partial charge in [-0.05, 0) is 17.7 Å². The van der Waals surface area contributed by atoms with Gasteiger partial charge >= 0.3 is 0 Å². The molecular formula is C16H24IN5O2S. The van der Waals surface area contributed by atoms with Crippen LogP contribution in [0, 0.1) is 0 Å². The smallest absolute Gasteiger partial charge is 0.189 e. The Kier molecular flexibility index (Phi) is 8.76. The van der Waals surface area contributed by atoms with Crippen LogP contribution in [0.5, 0.6) is 11.5 Å². The summed E-state index contributed by atoms with van der Waals surface area (Å²) in [6.07, 6.45) is 0. The summed E-state index contributed by atoms with van der Waals surface area (Å²) in [4.78, 5) is 10.8. The van der Waals surface area contributed by atoms with Crippen molar-refractivity contribution < 1.29 is 9.47 Å². The van der Waals surface area contributed by atoms with Crippen molar-refractivity contribution in [3.8, 4) is 11.5 Å². The highest BCUT2D eigenvalue weighted by molar-refractivity contribution is 14.0. The van der Waals surface area contributed by atoms with Crippen LogP contribution in [-0.4, -0.2) is 39.3 Å². The van der Waals surface area contributed by atoms with Gasteiger partial charge in [-0.15, -0.1) is 35.3 Å². The summed E-state index contributed by atoms with van der Waals surface area (Å²) in [5, 5.41) is 6.04. The van der Waals surface area contributed by atoms with E-state index in [0.29, 0.717) is 30.5 Å². The van der Waals surface area contributed by atoms with Crippen LogP contribution >= 0.6 is 35.3 Å². The van der Waals surface area contributed by atoms with Crippen LogP contribution in [0.2, 0.25) is 0 Å². The van der Waals surface area contributed by atoms with E-state index in [4.69, 9.17) is 15.2 Å². The zero-order valence-electron chi connectivity index (χ0n) is 14.8. The van der Waals surface area contributed by atoms with Gasteiger partial charge in [0.25, 0.3) is 0 Å². The molecule has 7 nitrogen and oxygen atoms in total. The van der Waals surface area contributed by atoms with E-state index in [2.05, 4.69) is 15.3 Å². The number of hydrogen-bond acceptors (Lipinski definition) is 6. The van der Waals surface area contributed by atoms with Crippen LogP contribution in [-0.2, 0) is 13.1 Å². The summed E-state index contributed by atoms with van der Waals surface area (Å²) in [5.41, 5.74) is 7.84. The third-order valence-electron chi connectivity index (χ3n) is 3.25. The number of nitrogens with zero attached hydrogens (tertiary/aromatic N) is 3. The van der Waals surface area contributed by atoms with Crippen molar-refractivity contribution in [2.24, 2.45) is 10.7 Å². The molecule has 0 amide bonds. The largest absolute Gasteiger partial charge is 0.493 e. The Morgan fingerprint density at radius 1 is 1.28 bits per heavy atom. The molecule has 0 saturated carbocycles. The minimum atomic E-state index is 0. The van der Waals surface area contributed by atoms with Gasteiger partial charge in [0.1, 0.15) is 0 Å². The molecule has 25 heavy (non-hydrogen) atoms. The molecule has 1 aromatic carbocycles. The van der Waals surface area contributed by atoms with Crippen LogP contribution in [0.4, 0.5) is 5.13 Å². The third kappa shape index (κ3) is 6.24. The molecule has 0 bridgehead atoms. The first-order valence-electron chi connectivity index (χ1n) is 7.40. The molecule has 0 atom stereocenters. The molecule has 0 spiro atoms. The SMILES string of the molecule is COc1ccc(CN=C(N)NCc2csc(N(C)C)n2)cc1OC.I. The number of aliphatic imine (C=N–C) groups is 1. The normalized spacial score (nSPS) is 10.8. The summed E-state index contributed by atoms with van der Waals surface area (Å²) in [7, 11) is 7.15. The number of anilines is 1. The second-order valence-electron chi connectivity index (χ2n) is 5.26. The Morgan fingerprint density at radius 3 is 2.60 bits per heavy atom. The van der Waals surface area contributed by atoms with E-state index in [1.54, 1.807) is 25.6 Å². The minimum absolute atomic E-state index is 0. The molecule has 0 saturated heterocycles. The van der Waals surface area contributed by atoms with Crippen molar-refractivity contribution in [3.05, 3.63) is 34.8 Å². The molecule has 9 heteroatoms. The Bertz CT molecular complexity index is 706. The summed E-state index contributed by atoms with van der Waals surface area (Å²) >= 11 is 1.60. The number of rotatable bonds is 7. The second kappa shape index (κ2) is 10.3. The van der Waals surface area contributed by atoms with Crippen LogP contribution in [0.25, 0.3) is 0 Å². The van der Waals surface area contributed by atoms with Crippen molar-refractivity contribution in [1.82, 2.24) is 10.3 Å². The van der Waals surface area contributed by atoms with Crippen LogP contribution < -0.4 is 25.4 Å². The van der Waals surface area contributed by atoms with Crippen molar-refractivity contribution in [2.75, 3.05) is 33.2 Å². The van der Waals surface area contributed by atoms with Gasteiger partial charge < -0.3 is 25.4 Å². The van der Waals surface area contributed by atoms with Crippen LogP contribution in [0.3, 0.4) is 0 Å². The predicted molar refractivity (Wildman–Crippen MR) is 114 cm³/mol. The lowest BCUT2D eigenvalue weighted by Gasteiger charge is -2.09. The first-order valence-corrected chi connectivity index (χ1v) is 8.28. The topological polar surface area (TPSA) is 85.0 Å². The molecule has 3 N–H and O–H groups in total. The first-order chi connectivity index (χ1) is 11.5. The van der Waals surface area contributed by atoms with Crippen molar-refractivity contribution in [3.63, 3.8) is 0 Å². The molecule has 0 unspecified atom stereocenters. The molecule has 1 aromatic heterocycles. The number of benzene rings is 1.